The molecule has 0 atom stereocenters. The maximum atomic E-state index is 11.4. The minimum absolute atomic E-state index is 0.0236. The molecule has 0 saturated heterocycles. The third kappa shape index (κ3) is 3.40. The first kappa shape index (κ1) is 14.6. The minimum Gasteiger partial charge on any atom is -0.409 e. The van der Waals surface area contributed by atoms with Crippen molar-refractivity contribution in [2.75, 3.05) is 0 Å². The van der Waals surface area contributed by atoms with E-state index in [1.807, 2.05) is 0 Å². The Morgan fingerprint density at radius 2 is 2.25 bits per heavy atom. The summed E-state index contributed by atoms with van der Waals surface area (Å²) in [7, 11) is 0. The Labute approximate surface area is 127 Å². The zero-order chi connectivity index (χ0) is 14.7. The fourth-order valence-electron chi connectivity index (χ4n) is 1.53. The number of halogens is 1. The van der Waals surface area contributed by atoms with Gasteiger partial charge in [-0.25, -0.2) is 4.98 Å². The molecule has 0 aliphatic rings. The van der Waals surface area contributed by atoms with Gasteiger partial charge in [0.15, 0.2) is 11.0 Å². The van der Waals surface area contributed by atoms with Gasteiger partial charge in [0.2, 0.25) is 0 Å². The van der Waals surface area contributed by atoms with E-state index >= 15 is 0 Å². The van der Waals surface area contributed by atoms with Crippen molar-refractivity contribution in [2.24, 2.45) is 10.9 Å². The number of nitrogens with zero attached hydrogens (tertiary/aromatic N) is 2. The molecule has 0 bridgehead atoms. The maximum absolute atomic E-state index is 11.4. The first-order chi connectivity index (χ1) is 9.49. The van der Waals surface area contributed by atoms with Crippen LogP contribution in [0.5, 0.6) is 0 Å². The molecule has 1 heterocycles. The third-order valence-corrected chi connectivity index (χ3v) is 3.92. The van der Waals surface area contributed by atoms with Crippen LogP contribution in [0.4, 0.5) is 0 Å². The Hall–Kier alpha value is -1.80. The summed E-state index contributed by atoms with van der Waals surface area (Å²) in [6.45, 7) is 1.76. The highest BCUT2D eigenvalue weighted by atomic mass is 79.9. The Balaban J connectivity index is 2.31. The quantitative estimate of drug-likeness (QED) is 0.257. The highest BCUT2D eigenvalue weighted by Gasteiger charge is 2.08. The van der Waals surface area contributed by atoms with Crippen molar-refractivity contribution in [1.82, 2.24) is 9.97 Å². The predicted octanol–water partition coefficient (Wildman–Crippen LogP) is 2.09. The fourth-order valence-corrected chi connectivity index (χ4v) is 3.14. The lowest BCUT2D eigenvalue weighted by molar-refractivity contribution is 0.318. The second kappa shape index (κ2) is 6.10. The molecule has 0 aliphatic carbocycles. The molecular formula is C12H11BrN4O2S. The summed E-state index contributed by atoms with van der Waals surface area (Å²) in [5.41, 5.74) is 6.59. The van der Waals surface area contributed by atoms with Crippen LogP contribution in [0.1, 0.15) is 11.3 Å². The molecule has 2 rings (SSSR count). The van der Waals surface area contributed by atoms with E-state index in [1.165, 1.54) is 17.8 Å². The first-order valence-corrected chi connectivity index (χ1v) is 7.14. The molecule has 0 spiro atoms. The van der Waals surface area contributed by atoms with Crippen LogP contribution in [0.15, 0.2) is 48.7 Å². The Kier molecular flexibility index (Phi) is 4.46. The van der Waals surface area contributed by atoms with Gasteiger partial charge in [0.25, 0.3) is 5.56 Å². The lowest BCUT2D eigenvalue weighted by atomic mass is 10.2. The van der Waals surface area contributed by atoms with E-state index in [4.69, 9.17) is 10.9 Å². The molecule has 1 aromatic heterocycles. The van der Waals surface area contributed by atoms with Crippen LogP contribution in [0.25, 0.3) is 0 Å². The van der Waals surface area contributed by atoms with Gasteiger partial charge < -0.3 is 15.9 Å². The largest absolute Gasteiger partial charge is 0.409 e. The van der Waals surface area contributed by atoms with Gasteiger partial charge in [-0.2, -0.15) is 0 Å². The number of aromatic nitrogens is 2. The normalized spacial score (nSPS) is 11.6. The number of oxime groups is 1. The van der Waals surface area contributed by atoms with E-state index in [-0.39, 0.29) is 11.4 Å². The van der Waals surface area contributed by atoms with E-state index in [0.29, 0.717) is 20.9 Å². The number of hydrogen-bond acceptors (Lipinski definition) is 5. The van der Waals surface area contributed by atoms with Crippen molar-refractivity contribution >= 4 is 33.5 Å². The summed E-state index contributed by atoms with van der Waals surface area (Å²) in [6.07, 6.45) is 0. The number of aryl methyl sites for hydroxylation is 1. The summed E-state index contributed by atoms with van der Waals surface area (Å²) in [6, 6.07) is 6.75. The summed E-state index contributed by atoms with van der Waals surface area (Å²) in [5.74, 6) is 0.0236. The van der Waals surface area contributed by atoms with Gasteiger partial charge in [-0.1, -0.05) is 16.9 Å². The Morgan fingerprint density at radius 1 is 1.50 bits per heavy atom. The molecule has 8 heteroatoms. The summed E-state index contributed by atoms with van der Waals surface area (Å²) in [5, 5.41) is 12.1. The van der Waals surface area contributed by atoms with Crippen LogP contribution < -0.4 is 11.3 Å². The molecule has 1 aromatic carbocycles. The molecule has 0 unspecified atom stereocenters. The van der Waals surface area contributed by atoms with Gasteiger partial charge in [-0.15, -0.1) is 0 Å². The van der Waals surface area contributed by atoms with Crippen LogP contribution in [0.3, 0.4) is 0 Å². The zero-order valence-corrected chi connectivity index (χ0v) is 12.8. The van der Waals surface area contributed by atoms with Gasteiger partial charge in [-0.05, 0) is 41.1 Å². The van der Waals surface area contributed by atoms with E-state index in [0.717, 1.165) is 4.90 Å². The molecule has 0 fully saturated rings. The highest BCUT2D eigenvalue weighted by Crippen LogP contribution is 2.28. The van der Waals surface area contributed by atoms with E-state index in [2.05, 4.69) is 31.1 Å². The van der Waals surface area contributed by atoms with Gasteiger partial charge in [-0.3, -0.25) is 4.79 Å². The smallest absolute Gasteiger partial charge is 0.251 e. The second-order valence-corrected chi connectivity index (χ2v) is 5.84. The van der Waals surface area contributed by atoms with Gasteiger partial charge in [0, 0.05) is 26.7 Å². The SMILES string of the molecule is Cc1cc(=O)[nH]c(Sc2ccc(/C(N)=N/O)c(Br)c2)n1. The monoisotopic (exact) mass is 354 g/mol. The van der Waals surface area contributed by atoms with Crippen LogP contribution in [0.2, 0.25) is 0 Å². The fraction of sp³-hybridized carbons (Fsp3) is 0.0833. The number of rotatable bonds is 3. The second-order valence-electron chi connectivity index (χ2n) is 3.92. The number of nitrogens with one attached hydrogen (secondary N) is 1. The van der Waals surface area contributed by atoms with Crippen molar-refractivity contribution in [3.05, 3.63) is 50.3 Å². The molecule has 0 saturated carbocycles. The Morgan fingerprint density at radius 3 is 2.85 bits per heavy atom. The Bertz CT molecular complexity index is 730. The van der Waals surface area contributed by atoms with Crippen LogP contribution in [0, 0.1) is 6.92 Å². The molecule has 20 heavy (non-hydrogen) atoms. The minimum atomic E-state index is -0.188. The molecule has 2 aromatic rings. The lowest BCUT2D eigenvalue weighted by Crippen LogP contribution is -2.13. The number of nitrogens with two attached hydrogens (primary N) is 1. The number of benzene rings is 1. The lowest BCUT2D eigenvalue weighted by Gasteiger charge is -2.06. The number of aromatic amines is 1. The van der Waals surface area contributed by atoms with Crippen LogP contribution in [-0.2, 0) is 0 Å². The zero-order valence-electron chi connectivity index (χ0n) is 10.4. The molecule has 104 valence electrons. The van der Waals surface area contributed by atoms with Crippen molar-refractivity contribution in [3.8, 4) is 0 Å². The van der Waals surface area contributed by atoms with E-state index in [1.54, 1.807) is 25.1 Å². The standard InChI is InChI=1S/C12H11BrN4O2S/c1-6-4-10(18)16-12(15-6)20-7-2-3-8(9(13)5-7)11(14)17-19/h2-5,19H,1H3,(H2,14,17)(H,15,16,18). The summed E-state index contributed by atoms with van der Waals surface area (Å²) in [4.78, 5) is 19.1. The van der Waals surface area contributed by atoms with Crippen LogP contribution >= 0.6 is 27.7 Å². The molecule has 6 nitrogen and oxygen atoms in total. The third-order valence-electron chi connectivity index (χ3n) is 2.39. The molecule has 0 aliphatic heterocycles. The van der Waals surface area contributed by atoms with Crippen molar-refractivity contribution in [3.63, 3.8) is 0 Å². The number of hydrogen-bond donors (Lipinski definition) is 3. The van der Waals surface area contributed by atoms with Crippen LogP contribution in [-0.4, -0.2) is 21.0 Å². The average Bonchev–Trinajstić information content (AvgIpc) is 2.36. The molecule has 0 radical (unpaired) electrons. The van der Waals surface area contributed by atoms with Gasteiger partial charge >= 0.3 is 0 Å². The summed E-state index contributed by atoms with van der Waals surface area (Å²) >= 11 is 4.67. The number of H-pyrrole nitrogens is 1. The number of amidine groups is 1. The van der Waals surface area contributed by atoms with Crippen molar-refractivity contribution in [2.45, 2.75) is 17.0 Å². The summed E-state index contributed by atoms with van der Waals surface area (Å²) < 4.78 is 0.688. The first-order valence-electron chi connectivity index (χ1n) is 5.53. The van der Waals surface area contributed by atoms with Gasteiger partial charge in [0.1, 0.15) is 0 Å². The van der Waals surface area contributed by atoms with Gasteiger partial charge in [0.05, 0.1) is 0 Å². The van der Waals surface area contributed by atoms with E-state index in [9.17, 15) is 4.79 Å². The molecule has 4 N–H and O–H groups in total. The molecule has 0 amide bonds. The van der Waals surface area contributed by atoms with E-state index < -0.39 is 0 Å². The average molecular weight is 355 g/mol. The maximum Gasteiger partial charge on any atom is 0.251 e. The highest BCUT2D eigenvalue weighted by molar-refractivity contribution is 9.10. The topological polar surface area (TPSA) is 104 Å². The van der Waals surface area contributed by atoms with Crippen molar-refractivity contribution < 1.29 is 5.21 Å². The molecular weight excluding hydrogens is 344 g/mol. The predicted molar refractivity (Wildman–Crippen MR) is 80.4 cm³/mol. The van der Waals surface area contributed by atoms with Crippen molar-refractivity contribution in [1.29, 1.82) is 0 Å².